The van der Waals surface area contributed by atoms with Gasteiger partial charge in [-0.15, -0.1) is 0 Å². The topological polar surface area (TPSA) is 52.9 Å². The molecule has 0 aliphatic heterocycles. The van der Waals surface area contributed by atoms with Crippen LogP contribution in [0.5, 0.6) is 0 Å². The van der Waals surface area contributed by atoms with Crippen LogP contribution in [-0.4, -0.2) is 12.8 Å². The van der Waals surface area contributed by atoms with Crippen LogP contribution in [0.15, 0.2) is 54.6 Å². The first-order chi connectivity index (χ1) is 9.74. The summed E-state index contributed by atoms with van der Waals surface area (Å²) in [5.41, 5.74) is 2.57. The summed E-state index contributed by atoms with van der Waals surface area (Å²) in [5.74, 6) is -0.796. The maximum atomic E-state index is 12.3. The number of nitrogens with zero attached hydrogens (tertiary/aromatic N) is 1. The Kier molecular flexibility index (Phi) is 4.52. The van der Waals surface area contributed by atoms with Crippen molar-refractivity contribution in [3.63, 3.8) is 0 Å². The van der Waals surface area contributed by atoms with E-state index < -0.39 is 5.92 Å². The number of ketones is 1. The van der Waals surface area contributed by atoms with Gasteiger partial charge in [-0.25, -0.2) is 0 Å². The second-order valence-corrected chi connectivity index (χ2v) is 4.57. The van der Waals surface area contributed by atoms with Crippen molar-refractivity contribution in [3.05, 3.63) is 65.7 Å². The molecule has 0 spiro atoms. The van der Waals surface area contributed by atoms with Gasteiger partial charge in [0.25, 0.3) is 0 Å². The van der Waals surface area contributed by atoms with Crippen LogP contribution >= 0.6 is 0 Å². The molecule has 0 saturated carbocycles. The molecule has 1 unspecified atom stereocenters. The van der Waals surface area contributed by atoms with E-state index in [0.29, 0.717) is 0 Å². The summed E-state index contributed by atoms with van der Waals surface area (Å²) >= 11 is 0. The highest BCUT2D eigenvalue weighted by Crippen LogP contribution is 2.21. The van der Waals surface area contributed by atoms with E-state index in [0.717, 1.165) is 16.8 Å². The fourth-order valence-electron chi connectivity index (χ4n) is 2.11. The zero-order valence-corrected chi connectivity index (χ0v) is 11.3. The maximum Gasteiger partial charge on any atom is 0.158 e. The summed E-state index contributed by atoms with van der Waals surface area (Å²) < 4.78 is 0. The molecule has 0 heterocycles. The van der Waals surface area contributed by atoms with Crippen LogP contribution in [0.3, 0.4) is 0 Å². The molecule has 20 heavy (non-hydrogen) atoms. The summed E-state index contributed by atoms with van der Waals surface area (Å²) in [5, 5.41) is 12.3. The van der Waals surface area contributed by atoms with Gasteiger partial charge in [-0.3, -0.25) is 4.79 Å². The average Bonchev–Trinajstić information content (AvgIpc) is 2.49. The zero-order chi connectivity index (χ0) is 14.4. The predicted molar refractivity (Wildman–Crippen MR) is 79.5 cm³/mol. The Morgan fingerprint density at radius 3 is 2.60 bits per heavy atom. The summed E-state index contributed by atoms with van der Waals surface area (Å²) in [6, 6.07) is 19.0. The van der Waals surface area contributed by atoms with Gasteiger partial charge in [0.2, 0.25) is 0 Å². The number of nitriles is 1. The summed E-state index contributed by atoms with van der Waals surface area (Å²) in [7, 11) is 1.81. The molecule has 3 nitrogen and oxygen atoms in total. The predicted octanol–water partition coefficient (Wildman–Crippen LogP) is 3.15. The van der Waals surface area contributed by atoms with Gasteiger partial charge in [-0.05, 0) is 23.3 Å². The molecule has 2 aromatic carbocycles. The first-order valence-corrected chi connectivity index (χ1v) is 6.48. The highest BCUT2D eigenvalue weighted by Gasteiger charge is 2.20. The number of carbonyl (C=O) groups excluding carboxylic acids is 1. The normalized spacial score (nSPS) is 11.4. The van der Waals surface area contributed by atoms with E-state index >= 15 is 0 Å². The Morgan fingerprint density at radius 1 is 1.20 bits per heavy atom. The number of benzene rings is 2. The van der Waals surface area contributed by atoms with Crippen molar-refractivity contribution in [1.29, 1.82) is 5.26 Å². The Bertz CT molecular complexity index is 629. The Labute approximate surface area is 118 Å². The molecule has 2 aromatic rings. The molecule has 0 aromatic heterocycles. The van der Waals surface area contributed by atoms with Gasteiger partial charge in [0.05, 0.1) is 6.07 Å². The molecule has 0 aliphatic rings. The molecule has 1 N–H and O–H groups in total. The number of anilines is 1. The van der Waals surface area contributed by atoms with E-state index in [4.69, 9.17) is 0 Å². The van der Waals surface area contributed by atoms with E-state index in [1.54, 1.807) is 0 Å². The van der Waals surface area contributed by atoms with Crippen molar-refractivity contribution in [3.8, 4) is 6.07 Å². The van der Waals surface area contributed by atoms with Crippen LogP contribution in [0.4, 0.5) is 5.69 Å². The van der Waals surface area contributed by atoms with Crippen molar-refractivity contribution >= 4 is 11.5 Å². The highest BCUT2D eigenvalue weighted by atomic mass is 16.1. The minimum absolute atomic E-state index is 0.0769. The lowest BCUT2D eigenvalue weighted by Gasteiger charge is -2.10. The van der Waals surface area contributed by atoms with Crippen LogP contribution in [-0.2, 0) is 11.2 Å². The fourth-order valence-corrected chi connectivity index (χ4v) is 2.11. The molecule has 2 rings (SSSR count). The molecule has 0 fully saturated rings. The van der Waals surface area contributed by atoms with Crippen LogP contribution in [0, 0.1) is 11.3 Å². The summed E-state index contributed by atoms with van der Waals surface area (Å²) in [6.07, 6.45) is 0.281. The fraction of sp³-hybridized carbons (Fsp3) is 0.176. The largest absolute Gasteiger partial charge is 0.388 e. The lowest BCUT2D eigenvalue weighted by molar-refractivity contribution is -0.118. The smallest absolute Gasteiger partial charge is 0.158 e. The SMILES string of the molecule is CNc1cccc(C(C#N)C(=O)Cc2ccccc2)c1. The quantitative estimate of drug-likeness (QED) is 0.902. The third-order valence-electron chi connectivity index (χ3n) is 3.18. The van der Waals surface area contributed by atoms with Gasteiger partial charge in [0.1, 0.15) is 5.92 Å². The van der Waals surface area contributed by atoms with Gasteiger partial charge in [-0.2, -0.15) is 5.26 Å². The van der Waals surface area contributed by atoms with E-state index in [1.165, 1.54) is 0 Å². The second kappa shape index (κ2) is 6.53. The van der Waals surface area contributed by atoms with Crippen LogP contribution < -0.4 is 5.32 Å². The number of hydrogen-bond donors (Lipinski definition) is 1. The molecule has 3 heteroatoms. The van der Waals surface area contributed by atoms with Crippen LogP contribution in [0.25, 0.3) is 0 Å². The molecule has 100 valence electrons. The minimum atomic E-state index is -0.719. The molecular formula is C17H16N2O. The van der Waals surface area contributed by atoms with Crippen molar-refractivity contribution in [2.45, 2.75) is 12.3 Å². The third kappa shape index (κ3) is 3.24. The lowest BCUT2D eigenvalue weighted by atomic mass is 9.92. The number of Topliss-reactive ketones (excluding diaryl/α,β-unsaturated/α-hetero) is 1. The van der Waals surface area contributed by atoms with E-state index in [9.17, 15) is 10.1 Å². The molecule has 0 saturated heterocycles. The summed E-state index contributed by atoms with van der Waals surface area (Å²) in [4.78, 5) is 12.3. The number of carbonyl (C=O) groups is 1. The summed E-state index contributed by atoms with van der Waals surface area (Å²) in [6.45, 7) is 0. The molecular weight excluding hydrogens is 248 g/mol. The molecule has 0 bridgehead atoms. The van der Waals surface area contributed by atoms with E-state index in [1.807, 2.05) is 61.6 Å². The number of rotatable bonds is 5. The van der Waals surface area contributed by atoms with Gasteiger partial charge < -0.3 is 5.32 Å². The first kappa shape index (κ1) is 13.8. The second-order valence-electron chi connectivity index (χ2n) is 4.57. The Balaban J connectivity index is 2.19. The van der Waals surface area contributed by atoms with Crippen molar-refractivity contribution in [2.24, 2.45) is 0 Å². The van der Waals surface area contributed by atoms with Gasteiger partial charge >= 0.3 is 0 Å². The van der Waals surface area contributed by atoms with Crippen molar-refractivity contribution in [2.75, 3.05) is 12.4 Å². The number of hydrogen-bond acceptors (Lipinski definition) is 3. The Morgan fingerprint density at radius 2 is 1.95 bits per heavy atom. The van der Waals surface area contributed by atoms with Gasteiger partial charge in [0.15, 0.2) is 5.78 Å². The maximum absolute atomic E-state index is 12.3. The monoisotopic (exact) mass is 264 g/mol. The van der Waals surface area contributed by atoms with Gasteiger partial charge in [0, 0.05) is 19.2 Å². The van der Waals surface area contributed by atoms with E-state index in [-0.39, 0.29) is 12.2 Å². The Hall–Kier alpha value is -2.60. The molecule has 0 aliphatic carbocycles. The average molecular weight is 264 g/mol. The molecule has 0 radical (unpaired) electrons. The molecule has 0 amide bonds. The van der Waals surface area contributed by atoms with Crippen molar-refractivity contribution in [1.82, 2.24) is 0 Å². The standard InChI is InChI=1S/C17H16N2O/c1-19-15-9-5-8-14(11-15)16(12-18)17(20)10-13-6-3-2-4-7-13/h2-9,11,16,19H,10H2,1H3. The minimum Gasteiger partial charge on any atom is -0.388 e. The third-order valence-corrected chi connectivity index (χ3v) is 3.18. The zero-order valence-electron chi connectivity index (χ0n) is 11.3. The number of nitrogens with one attached hydrogen (secondary N) is 1. The van der Waals surface area contributed by atoms with Crippen LogP contribution in [0.1, 0.15) is 17.0 Å². The molecule has 1 atom stereocenters. The highest BCUT2D eigenvalue weighted by molar-refractivity contribution is 5.90. The lowest BCUT2D eigenvalue weighted by Crippen LogP contribution is -2.13. The van der Waals surface area contributed by atoms with Crippen LogP contribution in [0.2, 0.25) is 0 Å². The van der Waals surface area contributed by atoms with Crippen molar-refractivity contribution < 1.29 is 4.79 Å². The van der Waals surface area contributed by atoms with E-state index in [2.05, 4.69) is 11.4 Å². The van der Waals surface area contributed by atoms with Gasteiger partial charge in [-0.1, -0.05) is 42.5 Å². The first-order valence-electron chi connectivity index (χ1n) is 6.48.